The van der Waals surface area contributed by atoms with E-state index in [9.17, 15) is 5.11 Å². The molecule has 2 N–H and O–H groups in total. The largest absolute Gasteiger partial charge is 0.507 e. The van der Waals surface area contributed by atoms with Crippen LogP contribution < -0.4 is 0 Å². The van der Waals surface area contributed by atoms with Crippen LogP contribution in [0, 0.1) is 4.77 Å². The number of aromatic amines is 1. The van der Waals surface area contributed by atoms with Gasteiger partial charge in [0.15, 0.2) is 4.77 Å². The molecule has 0 saturated heterocycles. The highest BCUT2D eigenvalue weighted by molar-refractivity contribution is 9.10. The molecule has 0 bridgehead atoms. The Balaban J connectivity index is 1.93. The lowest BCUT2D eigenvalue weighted by atomic mass is 10.2. The predicted octanol–water partition coefficient (Wildman–Crippen LogP) is 4.56. The fourth-order valence-electron chi connectivity index (χ4n) is 1.99. The number of rotatable bonds is 3. The van der Waals surface area contributed by atoms with Gasteiger partial charge in [0.1, 0.15) is 5.75 Å². The molecule has 0 unspecified atom stereocenters. The summed E-state index contributed by atoms with van der Waals surface area (Å²) < 4.78 is 2.93. The number of aromatic hydroxyl groups is 1. The molecule has 1 aromatic heterocycles. The summed E-state index contributed by atoms with van der Waals surface area (Å²) in [5.74, 6) is 0.164. The van der Waals surface area contributed by atoms with Gasteiger partial charge in [0.05, 0.1) is 18.1 Å². The highest BCUT2D eigenvalue weighted by atomic mass is 79.9. The molecule has 0 amide bonds. The lowest BCUT2D eigenvalue weighted by Gasteiger charge is -1.99. The molecule has 3 rings (SSSR count). The predicted molar refractivity (Wildman–Crippen MR) is 93.9 cm³/mol. The fourth-order valence-corrected chi connectivity index (χ4v) is 2.58. The third kappa shape index (κ3) is 3.18. The van der Waals surface area contributed by atoms with Gasteiger partial charge < -0.3 is 10.1 Å². The molecule has 22 heavy (non-hydrogen) atoms. The number of benzene rings is 2. The van der Waals surface area contributed by atoms with Crippen LogP contribution in [0.1, 0.15) is 5.56 Å². The van der Waals surface area contributed by atoms with Gasteiger partial charge in [0, 0.05) is 10.0 Å². The van der Waals surface area contributed by atoms with Crippen molar-refractivity contribution in [2.24, 2.45) is 5.10 Å². The van der Waals surface area contributed by atoms with E-state index in [4.69, 9.17) is 12.2 Å². The van der Waals surface area contributed by atoms with Crippen LogP contribution in [0.4, 0.5) is 0 Å². The second kappa shape index (κ2) is 6.29. The van der Waals surface area contributed by atoms with Crippen LogP contribution in [0.15, 0.2) is 64.3 Å². The standard InChI is InChI=1S/C16H12BrN3OS/c17-13-6-7-15(21)12(8-13)9-18-20-10-14(19-16(20)22)11-4-2-1-3-5-11/h1-10,21H,(H,19,22). The summed E-state index contributed by atoms with van der Waals surface area (Å²) in [6.45, 7) is 0. The maximum atomic E-state index is 9.81. The van der Waals surface area contributed by atoms with E-state index >= 15 is 0 Å². The van der Waals surface area contributed by atoms with Crippen molar-refractivity contribution in [3.05, 3.63) is 69.5 Å². The van der Waals surface area contributed by atoms with Crippen molar-refractivity contribution in [2.75, 3.05) is 0 Å². The molecule has 110 valence electrons. The molecule has 0 aliphatic carbocycles. The molecule has 1 heterocycles. The molecule has 0 atom stereocenters. The first-order valence-corrected chi connectivity index (χ1v) is 7.73. The smallest absolute Gasteiger partial charge is 0.198 e. The SMILES string of the molecule is Oc1ccc(Br)cc1C=Nn1cc(-c2ccccc2)[nH]c1=S. The Morgan fingerprint density at radius 1 is 1.18 bits per heavy atom. The van der Waals surface area contributed by atoms with Crippen molar-refractivity contribution in [2.45, 2.75) is 0 Å². The average Bonchev–Trinajstić information content (AvgIpc) is 2.90. The number of hydrogen-bond acceptors (Lipinski definition) is 3. The second-order valence-electron chi connectivity index (χ2n) is 4.63. The zero-order valence-electron chi connectivity index (χ0n) is 11.4. The molecule has 3 aromatic rings. The average molecular weight is 374 g/mol. The third-order valence-electron chi connectivity index (χ3n) is 3.10. The van der Waals surface area contributed by atoms with E-state index < -0.39 is 0 Å². The zero-order chi connectivity index (χ0) is 15.5. The van der Waals surface area contributed by atoms with Gasteiger partial charge in [-0.15, -0.1) is 0 Å². The molecular weight excluding hydrogens is 362 g/mol. The summed E-state index contributed by atoms with van der Waals surface area (Å²) in [5, 5.41) is 14.1. The van der Waals surface area contributed by atoms with E-state index in [0.29, 0.717) is 10.3 Å². The molecule has 0 fully saturated rings. The van der Waals surface area contributed by atoms with E-state index in [-0.39, 0.29) is 5.75 Å². The number of nitrogens with zero attached hydrogens (tertiary/aromatic N) is 2. The van der Waals surface area contributed by atoms with Crippen molar-refractivity contribution in [1.29, 1.82) is 0 Å². The Labute approximate surface area is 140 Å². The third-order valence-corrected chi connectivity index (χ3v) is 3.88. The maximum absolute atomic E-state index is 9.81. The maximum Gasteiger partial charge on any atom is 0.198 e. The van der Waals surface area contributed by atoms with Gasteiger partial charge in [-0.3, -0.25) is 0 Å². The fraction of sp³-hybridized carbons (Fsp3) is 0. The Hall–Kier alpha value is -2.18. The Morgan fingerprint density at radius 3 is 2.73 bits per heavy atom. The molecule has 0 aliphatic heterocycles. The lowest BCUT2D eigenvalue weighted by Crippen LogP contribution is -1.89. The van der Waals surface area contributed by atoms with Crippen molar-refractivity contribution in [3.8, 4) is 17.0 Å². The van der Waals surface area contributed by atoms with Crippen molar-refractivity contribution in [3.63, 3.8) is 0 Å². The number of imidazole rings is 1. The Kier molecular flexibility index (Phi) is 4.22. The molecule has 0 radical (unpaired) electrons. The van der Waals surface area contributed by atoms with E-state index in [0.717, 1.165) is 15.7 Å². The van der Waals surface area contributed by atoms with Gasteiger partial charge in [-0.05, 0) is 36.0 Å². The number of H-pyrrole nitrogens is 1. The zero-order valence-corrected chi connectivity index (χ0v) is 13.8. The Morgan fingerprint density at radius 2 is 1.95 bits per heavy atom. The number of hydrogen-bond donors (Lipinski definition) is 2. The van der Waals surface area contributed by atoms with Crippen LogP contribution in [-0.4, -0.2) is 21.0 Å². The first kappa shape index (κ1) is 14.7. The highest BCUT2D eigenvalue weighted by Crippen LogP contribution is 2.20. The van der Waals surface area contributed by atoms with Gasteiger partial charge in [-0.25, -0.2) is 4.68 Å². The first-order valence-electron chi connectivity index (χ1n) is 6.53. The monoisotopic (exact) mass is 373 g/mol. The number of phenolic OH excluding ortho intramolecular Hbond substituents is 1. The normalized spacial score (nSPS) is 11.1. The van der Waals surface area contributed by atoms with Crippen molar-refractivity contribution >= 4 is 34.4 Å². The topological polar surface area (TPSA) is 53.3 Å². The van der Waals surface area contributed by atoms with Gasteiger partial charge in [0.2, 0.25) is 0 Å². The summed E-state index contributed by atoms with van der Waals surface area (Å²) in [7, 11) is 0. The minimum atomic E-state index is 0.164. The van der Waals surface area contributed by atoms with E-state index in [1.54, 1.807) is 29.1 Å². The number of aromatic nitrogens is 2. The first-order chi connectivity index (χ1) is 10.6. The summed E-state index contributed by atoms with van der Waals surface area (Å²) >= 11 is 8.63. The van der Waals surface area contributed by atoms with Gasteiger partial charge in [-0.2, -0.15) is 5.10 Å². The van der Waals surface area contributed by atoms with Crippen LogP contribution in [-0.2, 0) is 0 Å². The van der Waals surface area contributed by atoms with E-state index in [2.05, 4.69) is 26.0 Å². The van der Waals surface area contributed by atoms with E-state index in [1.807, 2.05) is 36.5 Å². The lowest BCUT2D eigenvalue weighted by molar-refractivity contribution is 0.474. The van der Waals surface area contributed by atoms with Gasteiger partial charge in [-0.1, -0.05) is 46.3 Å². The molecule has 0 spiro atoms. The van der Waals surface area contributed by atoms with Crippen LogP contribution in [0.5, 0.6) is 5.75 Å². The molecule has 0 aliphatic rings. The summed E-state index contributed by atoms with van der Waals surface area (Å²) in [6, 6.07) is 15.0. The minimum absolute atomic E-state index is 0.164. The summed E-state index contributed by atoms with van der Waals surface area (Å²) in [6.07, 6.45) is 3.39. The van der Waals surface area contributed by atoms with Crippen LogP contribution >= 0.6 is 28.1 Å². The van der Waals surface area contributed by atoms with Crippen LogP contribution in [0.2, 0.25) is 0 Å². The number of phenols is 1. The van der Waals surface area contributed by atoms with Crippen molar-refractivity contribution < 1.29 is 5.11 Å². The van der Waals surface area contributed by atoms with Crippen molar-refractivity contribution in [1.82, 2.24) is 9.66 Å². The number of nitrogens with one attached hydrogen (secondary N) is 1. The molecule has 4 nitrogen and oxygen atoms in total. The molecular formula is C16H12BrN3OS. The second-order valence-corrected chi connectivity index (χ2v) is 5.93. The molecule has 2 aromatic carbocycles. The highest BCUT2D eigenvalue weighted by Gasteiger charge is 2.03. The number of halogens is 1. The van der Waals surface area contributed by atoms with Gasteiger partial charge in [0.25, 0.3) is 0 Å². The Bertz CT molecular complexity index is 884. The minimum Gasteiger partial charge on any atom is -0.507 e. The summed E-state index contributed by atoms with van der Waals surface area (Å²) in [5.41, 5.74) is 2.54. The summed E-state index contributed by atoms with van der Waals surface area (Å²) in [4.78, 5) is 3.12. The molecule has 0 saturated carbocycles. The van der Waals surface area contributed by atoms with Crippen LogP contribution in [0.25, 0.3) is 11.3 Å². The van der Waals surface area contributed by atoms with Crippen LogP contribution in [0.3, 0.4) is 0 Å². The van der Waals surface area contributed by atoms with Gasteiger partial charge >= 0.3 is 0 Å². The molecule has 6 heteroatoms. The quantitative estimate of drug-likeness (QED) is 0.522. The van der Waals surface area contributed by atoms with E-state index in [1.165, 1.54) is 0 Å².